The molecule has 1 aliphatic rings. The molecule has 1 amide bonds. The average Bonchev–Trinajstić information content (AvgIpc) is 2.73. The second-order valence-corrected chi connectivity index (χ2v) is 6.57. The van der Waals surface area contributed by atoms with Crippen LogP contribution in [0.4, 0.5) is 17.1 Å². The van der Waals surface area contributed by atoms with Gasteiger partial charge in [-0.15, -0.1) is 0 Å². The number of nitro benzene ring substituents is 1. The van der Waals surface area contributed by atoms with E-state index in [0.717, 1.165) is 0 Å². The zero-order chi connectivity index (χ0) is 20.1. The number of carbonyl (C=O) groups excluding carboxylic acids is 2. The second kappa shape index (κ2) is 8.51. The molecule has 28 heavy (non-hydrogen) atoms. The number of benzene rings is 2. The molecular weight excluding hydrogens is 362 g/mol. The molecule has 0 bridgehead atoms. The van der Waals surface area contributed by atoms with Gasteiger partial charge in [-0.1, -0.05) is 18.2 Å². The summed E-state index contributed by atoms with van der Waals surface area (Å²) < 4.78 is 4.69. The van der Waals surface area contributed by atoms with Crippen LogP contribution >= 0.6 is 0 Å². The summed E-state index contributed by atoms with van der Waals surface area (Å²) in [5, 5.41) is 14.1. The number of amides is 1. The van der Waals surface area contributed by atoms with Crippen molar-refractivity contribution in [2.75, 3.05) is 30.4 Å². The van der Waals surface area contributed by atoms with Crippen LogP contribution in [-0.2, 0) is 9.53 Å². The number of para-hydroxylation sites is 2. The first-order valence-corrected chi connectivity index (χ1v) is 8.97. The van der Waals surface area contributed by atoms with Gasteiger partial charge < -0.3 is 15.0 Å². The molecule has 0 aliphatic carbocycles. The van der Waals surface area contributed by atoms with Crippen LogP contribution in [-0.4, -0.2) is 37.0 Å². The molecule has 3 rings (SSSR count). The van der Waals surface area contributed by atoms with Crippen LogP contribution < -0.4 is 10.2 Å². The summed E-state index contributed by atoms with van der Waals surface area (Å²) in [4.78, 5) is 37.0. The Bertz CT molecular complexity index is 891. The highest BCUT2D eigenvalue weighted by molar-refractivity contribution is 5.95. The molecule has 146 valence electrons. The smallest absolute Gasteiger partial charge is 0.337 e. The molecule has 0 atom stereocenters. The molecule has 0 spiro atoms. The molecule has 1 heterocycles. The number of nitrogens with one attached hydrogen (secondary N) is 1. The van der Waals surface area contributed by atoms with Crippen molar-refractivity contribution in [3.8, 4) is 0 Å². The highest BCUT2D eigenvalue weighted by atomic mass is 16.6. The fraction of sp³-hybridized carbons (Fsp3) is 0.300. The van der Waals surface area contributed by atoms with E-state index >= 15 is 0 Å². The fourth-order valence-corrected chi connectivity index (χ4v) is 3.35. The summed E-state index contributed by atoms with van der Waals surface area (Å²) >= 11 is 0. The lowest BCUT2D eigenvalue weighted by atomic mass is 9.95. The van der Waals surface area contributed by atoms with E-state index in [-0.39, 0.29) is 22.4 Å². The van der Waals surface area contributed by atoms with E-state index in [1.807, 2.05) is 4.90 Å². The second-order valence-electron chi connectivity index (χ2n) is 6.57. The summed E-state index contributed by atoms with van der Waals surface area (Å²) in [6, 6.07) is 13.2. The Morgan fingerprint density at radius 3 is 2.54 bits per heavy atom. The number of piperidine rings is 1. The predicted octanol–water partition coefficient (Wildman–Crippen LogP) is 3.24. The number of carbonyl (C=O) groups is 2. The zero-order valence-electron chi connectivity index (χ0n) is 15.5. The van der Waals surface area contributed by atoms with Gasteiger partial charge in [0.05, 0.1) is 17.6 Å². The van der Waals surface area contributed by atoms with Crippen LogP contribution in [0.25, 0.3) is 0 Å². The molecular formula is C20H21N3O5. The van der Waals surface area contributed by atoms with Crippen molar-refractivity contribution in [3.05, 3.63) is 64.2 Å². The van der Waals surface area contributed by atoms with E-state index in [1.165, 1.54) is 13.2 Å². The van der Waals surface area contributed by atoms with Gasteiger partial charge in [0.25, 0.3) is 5.69 Å². The molecule has 8 nitrogen and oxygen atoms in total. The molecule has 0 aromatic heterocycles. The Hall–Kier alpha value is -3.42. The lowest BCUT2D eigenvalue weighted by Gasteiger charge is -2.32. The van der Waals surface area contributed by atoms with E-state index in [2.05, 4.69) is 10.1 Å². The van der Waals surface area contributed by atoms with Crippen molar-refractivity contribution in [3.63, 3.8) is 0 Å². The Kier molecular flexibility index (Phi) is 5.88. The zero-order valence-corrected chi connectivity index (χ0v) is 15.5. The number of nitro groups is 1. The van der Waals surface area contributed by atoms with E-state index in [9.17, 15) is 19.7 Å². The topological polar surface area (TPSA) is 102 Å². The first kappa shape index (κ1) is 19.3. The van der Waals surface area contributed by atoms with Crippen LogP contribution in [0, 0.1) is 16.0 Å². The Morgan fingerprint density at radius 2 is 1.86 bits per heavy atom. The number of esters is 1. The van der Waals surface area contributed by atoms with Gasteiger partial charge in [0.2, 0.25) is 5.91 Å². The maximum atomic E-state index is 12.6. The lowest BCUT2D eigenvalue weighted by molar-refractivity contribution is -0.384. The maximum absolute atomic E-state index is 12.6. The number of nitrogens with zero attached hydrogens (tertiary/aromatic N) is 2. The summed E-state index contributed by atoms with van der Waals surface area (Å²) in [7, 11) is 1.30. The first-order chi connectivity index (χ1) is 13.5. The third-order valence-electron chi connectivity index (χ3n) is 4.84. The highest BCUT2D eigenvalue weighted by Crippen LogP contribution is 2.31. The van der Waals surface area contributed by atoms with Crippen LogP contribution in [0.1, 0.15) is 23.2 Å². The minimum atomic E-state index is -0.464. The largest absolute Gasteiger partial charge is 0.465 e. The number of anilines is 2. The van der Waals surface area contributed by atoms with Gasteiger partial charge >= 0.3 is 5.97 Å². The van der Waals surface area contributed by atoms with Gasteiger partial charge in [0, 0.05) is 30.8 Å². The lowest BCUT2D eigenvalue weighted by Crippen LogP contribution is -2.38. The number of hydrogen-bond acceptors (Lipinski definition) is 6. The van der Waals surface area contributed by atoms with Crippen LogP contribution in [0.3, 0.4) is 0 Å². The van der Waals surface area contributed by atoms with Crippen LogP contribution in [0.5, 0.6) is 0 Å². The summed E-state index contributed by atoms with van der Waals surface area (Å²) in [5.74, 6) is -0.779. The summed E-state index contributed by atoms with van der Waals surface area (Å²) in [5.41, 5.74) is 1.56. The summed E-state index contributed by atoms with van der Waals surface area (Å²) in [6.45, 7) is 1.12. The van der Waals surface area contributed by atoms with Gasteiger partial charge in [-0.3, -0.25) is 14.9 Å². The molecule has 1 fully saturated rings. The van der Waals surface area contributed by atoms with Crippen molar-refractivity contribution in [1.82, 2.24) is 0 Å². The molecule has 0 unspecified atom stereocenters. The first-order valence-electron chi connectivity index (χ1n) is 8.97. The van der Waals surface area contributed by atoms with Crippen molar-refractivity contribution in [2.45, 2.75) is 12.8 Å². The van der Waals surface area contributed by atoms with Gasteiger partial charge in [-0.25, -0.2) is 4.79 Å². The van der Waals surface area contributed by atoms with E-state index in [4.69, 9.17) is 0 Å². The van der Waals surface area contributed by atoms with Gasteiger partial charge in [-0.2, -0.15) is 0 Å². The molecule has 0 saturated carbocycles. The molecule has 1 saturated heterocycles. The van der Waals surface area contributed by atoms with E-state index in [0.29, 0.717) is 42.9 Å². The minimum absolute atomic E-state index is 0.0741. The van der Waals surface area contributed by atoms with Crippen LogP contribution in [0.15, 0.2) is 48.5 Å². The Morgan fingerprint density at radius 1 is 1.14 bits per heavy atom. The van der Waals surface area contributed by atoms with Crippen molar-refractivity contribution < 1.29 is 19.2 Å². The Labute approximate surface area is 162 Å². The number of hydrogen-bond donors (Lipinski definition) is 1. The molecule has 2 aromatic carbocycles. The number of rotatable bonds is 5. The number of methoxy groups -OCH3 is 1. The molecule has 1 N–H and O–H groups in total. The minimum Gasteiger partial charge on any atom is -0.465 e. The fourth-order valence-electron chi connectivity index (χ4n) is 3.35. The normalized spacial score (nSPS) is 14.4. The van der Waals surface area contributed by atoms with E-state index in [1.54, 1.807) is 42.5 Å². The third-order valence-corrected chi connectivity index (χ3v) is 4.84. The SMILES string of the molecule is COC(=O)c1cccc(NC(=O)C2CCN(c3ccccc3[N+](=O)[O-])CC2)c1. The molecule has 8 heteroatoms. The van der Waals surface area contributed by atoms with Gasteiger partial charge in [-0.05, 0) is 37.1 Å². The van der Waals surface area contributed by atoms with Crippen molar-refractivity contribution >= 4 is 28.9 Å². The Balaban J connectivity index is 1.62. The summed E-state index contributed by atoms with van der Waals surface area (Å²) in [6.07, 6.45) is 1.18. The van der Waals surface area contributed by atoms with Gasteiger partial charge in [0.15, 0.2) is 0 Å². The third kappa shape index (κ3) is 4.28. The quantitative estimate of drug-likeness (QED) is 0.483. The van der Waals surface area contributed by atoms with Crippen LogP contribution in [0.2, 0.25) is 0 Å². The predicted molar refractivity (Wildman–Crippen MR) is 104 cm³/mol. The monoisotopic (exact) mass is 383 g/mol. The van der Waals surface area contributed by atoms with Gasteiger partial charge in [0.1, 0.15) is 5.69 Å². The average molecular weight is 383 g/mol. The maximum Gasteiger partial charge on any atom is 0.337 e. The highest BCUT2D eigenvalue weighted by Gasteiger charge is 2.28. The number of ether oxygens (including phenoxy) is 1. The molecule has 1 aliphatic heterocycles. The van der Waals surface area contributed by atoms with E-state index < -0.39 is 5.97 Å². The standard InChI is InChI=1S/C20H21N3O5/c1-28-20(25)15-5-4-6-16(13-15)21-19(24)14-9-11-22(12-10-14)17-7-2-3-8-18(17)23(26)27/h2-8,13-14H,9-12H2,1H3,(H,21,24). The van der Waals surface area contributed by atoms with Crippen molar-refractivity contribution in [2.24, 2.45) is 5.92 Å². The molecule has 2 aromatic rings. The molecule has 0 radical (unpaired) electrons. The van der Waals surface area contributed by atoms with Crippen molar-refractivity contribution in [1.29, 1.82) is 0 Å².